The molecule has 1 atom stereocenters. The van der Waals surface area contributed by atoms with Crippen molar-refractivity contribution in [2.24, 2.45) is 0 Å². The molecule has 0 aliphatic heterocycles. The second-order valence-corrected chi connectivity index (χ2v) is 11.9. The van der Waals surface area contributed by atoms with Crippen LogP contribution < -0.4 is 14.4 Å². The molecule has 0 bridgehead atoms. The van der Waals surface area contributed by atoms with Crippen LogP contribution in [0.4, 0.5) is 5.69 Å². The zero-order valence-corrected chi connectivity index (χ0v) is 23.8. The van der Waals surface area contributed by atoms with Crippen LogP contribution >= 0.6 is 0 Å². The van der Waals surface area contributed by atoms with Crippen LogP contribution in [0.2, 0.25) is 0 Å². The molecule has 2 amide bonds. The van der Waals surface area contributed by atoms with Gasteiger partial charge in [0.2, 0.25) is 21.8 Å². The Hall–Kier alpha value is -3.07. The van der Waals surface area contributed by atoms with Gasteiger partial charge in [-0.25, -0.2) is 8.42 Å². The van der Waals surface area contributed by atoms with E-state index in [1.165, 1.54) is 11.4 Å². The van der Waals surface area contributed by atoms with Gasteiger partial charge in [-0.2, -0.15) is 0 Å². The summed E-state index contributed by atoms with van der Waals surface area (Å²) < 4.78 is 31.9. The van der Waals surface area contributed by atoms with Crippen molar-refractivity contribution in [3.8, 4) is 5.75 Å². The maximum atomic E-state index is 13.6. The summed E-state index contributed by atoms with van der Waals surface area (Å²) >= 11 is 0. The molecule has 8 nitrogen and oxygen atoms in total. The first-order valence-corrected chi connectivity index (χ1v) is 15.3. The van der Waals surface area contributed by atoms with Crippen molar-refractivity contribution in [2.45, 2.75) is 77.4 Å². The van der Waals surface area contributed by atoms with Crippen LogP contribution in [0.1, 0.15) is 63.0 Å². The predicted molar refractivity (Wildman–Crippen MR) is 151 cm³/mol. The Balaban J connectivity index is 1.78. The maximum absolute atomic E-state index is 13.6. The second-order valence-electron chi connectivity index (χ2n) is 9.97. The third kappa shape index (κ3) is 7.72. The molecule has 0 radical (unpaired) electrons. The Kier molecular flexibility index (Phi) is 10.6. The van der Waals surface area contributed by atoms with Gasteiger partial charge in [-0.3, -0.25) is 13.9 Å². The summed E-state index contributed by atoms with van der Waals surface area (Å²) in [5.74, 6) is 0.156. The number of benzene rings is 2. The normalized spacial score (nSPS) is 14.6. The van der Waals surface area contributed by atoms with Crippen LogP contribution in [-0.4, -0.2) is 57.1 Å². The lowest BCUT2D eigenvalue weighted by atomic mass is 10.0. The molecule has 9 heteroatoms. The van der Waals surface area contributed by atoms with E-state index < -0.39 is 16.1 Å². The highest BCUT2D eigenvalue weighted by atomic mass is 32.2. The molecule has 1 aliphatic rings. The zero-order valence-electron chi connectivity index (χ0n) is 23.0. The number of carbonyl (C=O) groups is 2. The number of aryl methyl sites for hydroxylation is 1. The van der Waals surface area contributed by atoms with E-state index in [0.29, 0.717) is 30.8 Å². The lowest BCUT2D eigenvalue weighted by Crippen LogP contribution is -2.51. The molecule has 1 N–H and O–H groups in total. The SMILES string of the molecule is CC[C@@H](C(=O)NC1CCCC1)N(Cc1ccccc1C)C(=O)CCCN(c1ccccc1OC)S(C)(=O)=O. The smallest absolute Gasteiger partial charge is 0.243 e. The lowest BCUT2D eigenvalue weighted by Gasteiger charge is -2.32. The van der Waals surface area contributed by atoms with Crippen LogP contribution in [0.15, 0.2) is 48.5 Å². The minimum Gasteiger partial charge on any atom is -0.495 e. The number of nitrogens with one attached hydrogen (secondary N) is 1. The Morgan fingerprint density at radius 3 is 2.37 bits per heavy atom. The minimum atomic E-state index is -3.61. The number of anilines is 1. The first-order chi connectivity index (χ1) is 18.2. The van der Waals surface area contributed by atoms with E-state index in [-0.39, 0.29) is 30.8 Å². The molecule has 0 heterocycles. The number of rotatable bonds is 13. The Morgan fingerprint density at radius 2 is 1.74 bits per heavy atom. The first kappa shape index (κ1) is 29.5. The van der Waals surface area contributed by atoms with E-state index in [1.54, 1.807) is 29.2 Å². The third-order valence-electron chi connectivity index (χ3n) is 7.20. The highest BCUT2D eigenvalue weighted by molar-refractivity contribution is 7.92. The molecule has 1 aliphatic carbocycles. The summed E-state index contributed by atoms with van der Waals surface area (Å²) in [7, 11) is -2.11. The number of carbonyl (C=O) groups excluding carboxylic acids is 2. The van der Waals surface area contributed by atoms with Crippen molar-refractivity contribution < 1.29 is 22.7 Å². The summed E-state index contributed by atoms with van der Waals surface area (Å²) in [6, 6.07) is 14.3. The number of hydrogen-bond donors (Lipinski definition) is 1. The summed E-state index contributed by atoms with van der Waals surface area (Å²) in [6.45, 7) is 4.36. The van der Waals surface area contributed by atoms with Crippen LogP contribution in [0.5, 0.6) is 5.75 Å². The van der Waals surface area contributed by atoms with Crippen molar-refractivity contribution in [2.75, 3.05) is 24.2 Å². The molecule has 2 aromatic carbocycles. The Morgan fingerprint density at radius 1 is 1.08 bits per heavy atom. The van der Waals surface area contributed by atoms with Gasteiger partial charge < -0.3 is 15.0 Å². The molecule has 0 unspecified atom stereocenters. The highest BCUT2D eigenvalue weighted by Crippen LogP contribution is 2.30. The average Bonchev–Trinajstić information content (AvgIpc) is 3.39. The van der Waals surface area contributed by atoms with E-state index in [1.807, 2.05) is 38.1 Å². The number of methoxy groups -OCH3 is 1. The summed E-state index contributed by atoms with van der Waals surface area (Å²) in [5.41, 5.74) is 2.47. The second kappa shape index (κ2) is 13.6. The van der Waals surface area contributed by atoms with E-state index >= 15 is 0 Å². The monoisotopic (exact) mass is 543 g/mol. The quantitative estimate of drug-likeness (QED) is 0.404. The lowest BCUT2D eigenvalue weighted by molar-refractivity contribution is -0.141. The van der Waals surface area contributed by atoms with Gasteiger partial charge in [-0.05, 0) is 55.9 Å². The van der Waals surface area contributed by atoms with Crippen LogP contribution in [0.25, 0.3) is 0 Å². The fraction of sp³-hybridized carbons (Fsp3) is 0.517. The molecule has 1 saturated carbocycles. The Bertz CT molecular complexity index is 1190. The number of ether oxygens (including phenoxy) is 1. The highest BCUT2D eigenvalue weighted by Gasteiger charge is 2.31. The minimum absolute atomic E-state index is 0.111. The number of hydrogen-bond acceptors (Lipinski definition) is 5. The van der Waals surface area contributed by atoms with Gasteiger partial charge in [0.15, 0.2) is 0 Å². The summed E-state index contributed by atoms with van der Waals surface area (Å²) in [6.07, 6.45) is 6.21. The van der Waals surface area contributed by atoms with Gasteiger partial charge >= 0.3 is 0 Å². The van der Waals surface area contributed by atoms with Gasteiger partial charge in [-0.15, -0.1) is 0 Å². The molecule has 2 aromatic rings. The molecular formula is C29H41N3O5S. The maximum Gasteiger partial charge on any atom is 0.243 e. The van der Waals surface area contributed by atoms with Crippen LogP contribution in [0.3, 0.4) is 0 Å². The van der Waals surface area contributed by atoms with Gasteiger partial charge in [0.05, 0.1) is 19.1 Å². The van der Waals surface area contributed by atoms with Crippen molar-refractivity contribution in [1.29, 1.82) is 0 Å². The summed E-state index contributed by atoms with van der Waals surface area (Å²) in [4.78, 5) is 28.6. The molecular weight excluding hydrogens is 502 g/mol. The third-order valence-corrected chi connectivity index (χ3v) is 8.38. The van der Waals surface area contributed by atoms with Gasteiger partial charge in [-0.1, -0.05) is 56.2 Å². The van der Waals surface area contributed by atoms with Gasteiger partial charge in [0.25, 0.3) is 0 Å². The summed E-state index contributed by atoms with van der Waals surface area (Å²) in [5, 5.41) is 3.16. The number of sulfonamides is 1. The molecule has 0 saturated heterocycles. The number of para-hydroxylation sites is 2. The van der Waals surface area contributed by atoms with E-state index in [4.69, 9.17) is 4.74 Å². The fourth-order valence-electron chi connectivity index (χ4n) is 5.08. The topological polar surface area (TPSA) is 96.0 Å². The standard InChI is InChI=1S/C29H41N3O5S/c1-5-25(29(34)30-24-15-8-9-16-24)31(21-23-14-7-6-13-22(23)2)28(33)19-12-20-32(38(4,35)36)26-17-10-11-18-27(26)37-3/h6-7,10-11,13-14,17-18,24-25H,5,8-9,12,15-16,19-21H2,1-4H3,(H,30,34)/t25-/m0/s1. The van der Waals surface area contributed by atoms with Crippen molar-refractivity contribution in [3.63, 3.8) is 0 Å². The van der Waals surface area contributed by atoms with Gasteiger partial charge in [0.1, 0.15) is 11.8 Å². The zero-order chi connectivity index (χ0) is 27.7. The molecule has 38 heavy (non-hydrogen) atoms. The molecule has 208 valence electrons. The van der Waals surface area contributed by atoms with E-state index in [0.717, 1.165) is 43.1 Å². The number of amides is 2. The Labute approximate surface area is 227 Å². The van der Waals surface area contributed by atoms with E-state index in [9.17, 15) is 18.0 Å². The van der Waals surface area contributed by atoms with Crippen molar-refractivity contribution in [3.05, 3.63) is 59.7 Å². The van der Waals surface area contributed by atoms with Crippen molar-refractivity contribution >= 4 is 27.5 Å². The fourth-order valence-corrected chi connectivity index (χ4v) is 6.05. The van der Waals surface area contributed by atoms with Crippen LogP contribution in [0, 0.1) is 6.92 Å². The molecule has 0 spiro atoms. The predicted octanol–water partition coefficient (Wildman–Crippen LogP) is 4.42. The largest absolute Gasteiger partial charge is 0.495 e. The molecule has 1 fully saturated rings. The van der Waals surface area contributed by atoms with Gasteiger partial charge in [0, 0.05) is 25.6 Å². The average molecular weight is 544 g/mol. The van der Waals surface area contributed by atoms with E-state index in [2.05, 4.69) is 5.32 Å². The van der Waals surface area contributed by atoms with Crippen molar-refractivity contribution in [1.82, 2.24) is 10.2 Å². The first-order valence-electron chi connectivity index (χ1n) is 13.4. The molecule has 0 aromatic heterocycles. The number of nitrogens with zero attached hydrogens (tertiary/aromatic N) is 2. The molecule has 3 rings (SSSR count). The van der Waals surface area contributed by atoms with Crippen LogP contribution in [-0.2, 0) is 26.2 Å².